The first-order valence-electron chi connectivity index (χ1n) is 6.37. The number of unbranched alkanes of at least 4 members (excludes halogenated alkanes) is 1. The third-order valence-electron chi connectivity index (χ3n) is 3.33. The Kier molecular flexibility index (Phi) is 6.39. The van der Waals surface area contributed by atoms with Gasteiger partial charge in [0.05, 0.1) is 11.7 Å². The summed E-state index contributed by atoms with van der Waals surface area (Å²) in [6.07, 6.45) is -2.58. The van der Waals surface area contributed by atoms with Crippen LogP contribution >= 0.6 is 11.6 Å². The third kappa shape index (κ3) is 6.31. The minimum atomic E-state index is -4.16. The molecule has 0 aromatic heterocycles. The average molecular weight is 322 g/mol. The first-order chi connectivity index (χ1) is 8.74. The predicted octanol–water partition coefficient (Wildman–Crippen LogP) is 3.05. The second-order valence-electron chi connectivity index (χ2n) is 4.92. The maximum absolute atomic E-state index is 12.5. The largest absolute Gasteiger partial charge is 0.391 e. The average Bonchev–Trinajstić information content (AvgIpc) is 2.28. The number of halogens is 4. The van der Waals surface area contributed by atoms with Gasteiger partial charge in [-0.25, -0.2) is 13.1 Å². The Hall–Kier alpha value is -0.0100. The summed E-state index contributed by atoms with van der Waals surface area (Å²) in [7, 11) is -3.40. The Balaban J connectivity index is 2.36. The van der Waals surface area contributed by atoms with Crippen molar-refractivity contribution in [3.05, 3.63) is 0 Å². The molecule has 0 spiro atoms. The van der Waals surface area contributed by atoms with Crippen molar-refractivity contribution in [1.82, 2.24) is 4.72 Å². The number of sulfonamides is 1. The van der Waals surface area contributed by atoms with Crippen molar-refractivity contribution in [3.8, 4) is 0 Å². The van der Waals surface area contributed by atoms with E-state index in [-0.39, 0.29) is 37.5 Å². The van der Waals surface area contributed by atoms with Gasteiger partial charge in [-0.1, -0.05) is 0 Å². The smallest absolute Gasteiger partial charge is 0.212 e. The van der Waals surface area contributed by atoms with Gasteiger partial charge >= 0.3 is 6.18 Å². The molecule has 1 aliphatic carbocycles. The van der Waals surface area contributed by atoms with Crippen molar-refractivity contribution in [3.63, 3.8) is 0 Å². The highest BCUT2D eigenvalue weighted by Crippen LogP contribution is 2.37. The first-order valence-corrected chi connectivity index (χ1v) is 8.56. The molecule has 1 rings (SSSR count). The summed E-state index contributed by atoms with van der Waals surface area (Å²) in [5.74, 6) is -0.894. The van der Waals surface area contributed by atoms with Gasteiger partial charge in [0.2, 0.25) is 10.0 Å². The van der Waals surface area contributed by atoms with E-state index in [0.717, 1.165) is 0 Å². The van der Waals surface area contributed by atoms with Gasteiger partial charge in [-0.3, -0.25) is 0 Å². The molecule has 1 N–H and O–H groups in total. The topological polar surface area (TPSA) is 46.2 Å². The van der Waals surface area contributed by atoms with Gasteiger partial charge in [0, 0.05) is 11.9 Å². The van der Waals surface area contributed by atoms with Crippen LogP contribution in [-0.4, -0.2) is 32.3 Å². The molecule has 8 heteroatoms. The van der Waals surface area contributed by atoms with Crippen LogP contribution in [-0.2, 0) is 10.0 Å². The fourth-order valence-corrected chi connectivity index (χ4v) is 3.87. The van der Waals surface area contributed by atoms with Crippen LogP contribution in [0.25, 0.3) is 0 Å². The molecule has 0 saturated heterocycles. The Morgan fingerprint density at radius 1 is 1.11 bits per heavy atom. The minimum Gasteiger partial charge on any atom is -0.212 e. The summed E-state index contributed by atoms with van der Waals surface area (Å²) < 4.78 is 63.2. The summed E-state index contributed by atoms with van der Waals surface area (Å²) in [5, 5.41) is 0. The summed E-state index contributed by atoms with van der Waals surface area (Å²) in [6, 6.07) is -0.361. The maximum Gasteiger partial charge on any atom is 0.391 e. The molecule has 0 radical (unpaired) electrons. The van der Waals surface area contributed by atoms with E-state index in [1.54, 1.807) is 0 Å². The zero-order chi connectivity index (χ0) is 14.5. The lowest BCUT2D eigenvalue weighted by Gasteiger charge is -2.30. The van der Waals surface area contributed by atoms with Crippen molar-refractivity contribution < 1.29 is 21.6 Å². The number of hydrogen-bond donors (Lipinski definition) is 1. The molecule has 1 saturated carbocycles. The zero-order valence-corrected chi connectivity index (χ0v) is 12.1. The van der Waals surface area contributed by atoms with Crippen LogP contribution in [0.4, 0.5) is 13.2 Å². The lowest BCUT2D eigenvalue weighted by atomic mass is 9.86. The van der Waals surface area contributed by atoms with Gasteiger partial charge in [-0.15, -0.1) is 11.6 Å². The lowest BCUT2D eigenvalue weighted by Crippen LogP contribution is -2.40. The highest BCUT2D eigenvalue weighted by molar-refractivity contribution is 7.89. The van der Waals surface area contributed by atoms with Crippen molar-refractivity contribution >= 4 is 21.6 Å². The highest BCUT2D eigenvalue weighted by Gasteiger charge is 2.41. The van der Waals surface area contributed by atoms with Crippen molar-refractivity contribution in [2.45, 2.75) is 50.7 Å². The number of rotatable bonds is 6. The molecule has 19 heavy (non-hydrogen) atoms. The second-order valence-corrected chi connectivity index (χ2v) is 7.17. The Labute approximate surface area is 116 Å². The molecule has 0 aromatic rings. The quantitative estimate of drug-likeness (QED) is 0.604. The van der Waals surface area contributed by atoms with Crippen LogP contribution in [0.2, 0.25) is 0 Å². The van der Waals surface area contributed by atoms with E-state index in [0.29, 0.717) is 18.7 Å². The van der Waals surface area contributed by atoms with Crippen LogP contribution in [0, 0.1) is 5.92 Å². The molecule has 0 aromatic carbocycles. The van der Waals surface area contributed by atoms with Crippen LogP contribution < -0.4 is 4.72 Å². The molecule has 114 valence electrons. The summed E-state index contributed by atoms with van der Waals surface area (Å²) in [4.78, 5) is 0. The summed E-state index contributed by atoms with van der Waals surface area (Å²) in [6.45, 7) is 0. The summed E-state index contributed by atoms with van der Waals surface area (Å²) in [5.41, 5.74) is 0. The van der Waals surface area contributed by atoms with Gasteiger partial charge in [0.15, 0.2) is 0 Å². The van der Waals surface area contributed by atoms with Gasteiger partial charge < -0.3 is 0 Å². The van der Waals surface area contributed by atoms with Gasteiger partial charge in [-0.2, -0.15) is 13.2 Å². The van der Waals surface area contributed by atoms with E-state index in [2.05, 4.69) is 4.72 Å². The van der Waals surface area contributed by atoms with Crippen molar-refractivity contribution in [1.29, 1.82) is 0 Å². The Morgan fingerprint density at radius 2 is 1.68 bits per heavy atom. The van der Waals surface area contributed by atoms with E-state index in [1.165, 1.54) is 0 Å². The highest BCUT2D eigenvalue weighted by atomic mass is 35.5. The second kappa shape index (κ2) is 7.13. The number of alkyl halides is 4. The van der Waals surface area contributed by atoms with E-state index in [1.807, 2.05) is 0 Å². The fourth-order valence-electron chi connectivity index (χ4n) is 2.24. The molecular weight excluding hydrogens is 303 g/mol. The SMILES string of the molecule is O=S(=O)(CCCCCl)NC1CCC(C(F)(F)F)CC1. The molecule has 0 atom stereocenters. The molecule has 0 amide bonds. The van der Waals surface area contributed by atoms with Gasteiger partial charge in [0.1, 0.15) is 0 Å². The molecule has 1 aliphatic rings. The van der Waals surface area contributed by atoms with E-state index >= 15 is 0 Å². The van der Waals surface area contributed by atoms with E-state index in [9.17, 15) is 21.6 Å². The molecule has 0 unspecified atom stereocenters. The standard InChI is InChI=1S/C11H19ClF3NO2S/c12-7-1-2-8-19(17,18)16-10-5-3-9(4-6-10)11(13,14)15/h9-10,16H,1-8H2. The fraction of sp³-hybridized carbons (Fsp3) is 1.00. The Bertz CT molecular complexity index is 365. The molecule has 3 nitrogen and oxygen atoms in total. The number of nitrogens with one attached hydrogen (secondary N) is 1. The van der Waals surface area contributed by atoms with Crippen LogP contribution in [0.1, 0.15) is 38.5 Å². The van der Waals surface area contributed by atoms with Gasteiger partial charge in [0.25, 0.3) is 0 Å². The summed E-state index contributed by atoms with van der Waals surface area (Å²) >= 11 is 5.46. The van der Waals surface area contributed by atoms with Crippen molar-refractivity contribution in [2.24, 2.45) is 5.92 Å². The van der Waals surface area contributed by atoms with Crippen molar-refractivity contribution in [2.75, 3.05) is 11.6 Å². The molecule has 0 bridgehead atoms. The predicted molar refractivity (Wildman–Crippen MR) is 68.7 cm³/mol. The van der Waals surface area contributed by atoms with E-state index in [4.69, 9.17) is 11.6 Å². The first kappa shape index (κ1) is 17.0. The van der Waals surface area contributed by atoms with Crippen LogP contribution in [0.15, 0.2) is 0 Å². The van der Waals surface area contributed by atoms with Crippen LogP contribution in [0.3, 0.4) is 0 Å². The lowest BCUT2D eigenvalue weighted by molar-refractivity contribution is -0.182. The zero-order valence-electron chi connectivity index (χ0n) is 10.5. The number of hydrogen-bond acceptors (Lipinski definition) is 2. The Morgan fingerprint density at radius 3 is 2.16 bits per heavy atom. The molecule has 0 aliphatic heterocycles. The molecular formula is C11H19ClF3NO2S. The minimum absolute atomic E-state index is 0.00162. The third-order valence-corrected chi connectivity index (χ3v) is 5.12. The van der Waals surface area contributed by atoms with Crippen LogP contribution in [0.5, 0.6) is 0 Å². The monoisotopic (exact) mass is 321 g/mol. The maximum atomic E-state index is 12.5. The molecule has 1 fully saturated rings. The van der Waals surface area contributed by atoms with E-state index < -0.39 is 22.1 Å². The van der Waals surface area contributed by atoms with Gasteiger partial charge in [-0.05, 0) is 38.5 Å². The normalized spacial score (nSPS) is 25.5. The molecule has 0 heterocycles.